The number of unbranched alkanes of at least 4 members (excludes halogenated alkanes) is 1. The topological polar surface area (TPSA) is 52.6 Å². The Morgan fingerprint density at radius 3 is 2.76 bits per heavy atom. The molecule has 1 spiro atoms. The lowest BCUT2D eigenvalue weighted by Gasteiger charge is -2.68. The highest BCUT2D eigenvalue weighted by molar-refractivity contribution is 6.00. The average molecular weight is 395 g/mol. The fourth-order valence-corrected chi connectivity index (χ4v) is 6.97. The molecule has 1 saturated carbocycles. The minimum atomic E-state index is -0.676. The number of fused-ring (bicyclic) bond motifs is 4. The van der Waals surface area contributed by atoms with Gasteiger partial charge in [0.15, 0.2) is 0 Å². The van der Waals surface area contributed by atoms with E-state index in [9.17, 15) is 9.59 Å². The highest BCUT2D eigenvalue weighted by atomic mass is 16.6. The van der Waals surface area contributed by atoms with Gasteiger partial charge in [0.25, 0.3) is 0 Å². The SMILES string of the molecule is CCC/C=C1\OC(=O)C2=C1CCC1C2C2(OC(=O)C3=C2CCC=C3)C1(C)CCC. The van der Waals surface area contributed by atoms with Gasteiger partial charge in [0.05, 0.1) is 11.1 Å². The number of hydrogen-bond donors (Lipinski definition) is 0. The maximum Gasteiger partial charge on any atom is 0.340 e. The maximum absolute atomic E-state index is 13.0. The number of esters is 2. The smallest absolute Gasteiger partial charge is 0.340 e. The summed E-state index contributed by atoms with van der Waals surface area (Å²) in [7, 11) is 0. The Labute approximate surface area is 172 Å². The molecule has 2 aliphatic heterocycles. The number of rotatable bonds is 4. The van der Waals surface area contributed by atoms with Crippen LogP contribution in [0, 0.1) is 17.3 Å². The Hall–Kier alpha value is -2.10. The third-order valence-electron chi connectivity index (χ3n) is 8.05. The number of ether oxygens (including phenoxy) is 2. The molecule has 0 aromatic rings. The first-order chi connectivity index (χ1) is 14.0. The van der Waals surface area contributed by atoms with E-state index in [1.807, 2.05) is 6.08 Å². The molecule has 1 fully saturated rings. The fourth-order valence-electron chi connectivity index (χ4n) is 6.97. The predicted molar refractivity (Wildman–Crippen MR) is 110 cm³/mol. The Morgan fingerprint density at radius 1 is 1.17 bits per heavy atom. The molecule has 0 saturated heterocycles. The van der Waals surface area contributed by atoms with Gasteiger partial charge in [0.1, 0.15) is 11.4 Å². The highest BCUT2D eigenvalue weighted by Crippen LogP contribution is 2.74. The minimum Gasteiger partial charge on any atom is -0.450 e. The van der Waals surface area contributed by atoms with E-state index in [0.29, 0.717) is 5.92 Å². The summed E-state index contributed by atoms with van der Waals surface area (Å²) >= 11 is 0. The third kappa shape index (κ3) is 2.21. The molecular weight excluding hydrogens is 364 g/mol. The summed E-state index contributed by atoms with van der Waals surface area (Å²) in [6.45, 7) is 6.61. The molecule has 5 rings (SSSR count). The number of hydrogen-bond acceptors (Lipinski definition) is 4. The molecule has 0 aromatic heterocycles. The number of carbonyl (C=O) groups excluding carboxylic acids is 2. The van der Waals surface area contributed by atoms with Crippen LogP contribution in [-0.2, 0) is 19.1 Å². The van der Waals surface area contributed by atoms with Crippen LogP contribution in [0.15, 0.2) is 46.3 Å². The van der Waals surface area contributed by atoms with Crippen LogP contribution in [0.4, 0.5) is 0 Å². The molecule has 3 aliphatic carbocycles. The van der Waals surface area contributed by atoms with Crippen molar-refractivity contribution in [2.75, 3.05) is 0 Å². The first-order valence-electron chi connectivity index (χ1n) is 11.3. The Kier molecular flexibility index (Phi) is 4.20. The summed E-state index contributed by atoms with van der Waals surface area (Å²) in [5.74, 6) is 0.617. The summed E-state index contributed by atoms with van der Waals surface area (Å²) in [4.78, 5) is 25.9. The van der Waals surface area contributed by atoms with E-state index in [1.54, 1.807) is 0 Å². The van der Waals surface area contributed by atoms with Gasteiger partial charge >= 0.3 is 11.9 Å². The summed E-state index contributed by atoms with van der Waals surface area (Å²) < 4.78 is 12.1. The van der Waals surface area contributed by atoms with Gasteiger partial charge in [-0.05, 0) is 56.1 Å². The molecule has 4 atom stereocenters. The molecular formula is C25H30O4. The van der Waals surface area contributed by atoms with Crippen LogP contribution in [0.1, 0.15) is 72.1 Å². The average Bonchev–Trinajstić information content (AvgIpc) is 3.22. The molecule has 5 aliphatic rings. The molecule has 154 valence electrons. The van der Waals surface area contributed by atoms with Crippen molar-refractivity contribution in [3.63, 3.8) is 0 Å². The van der Waals surface area contributed by atoms with Gasteiger partial charge in [-0.2, -0.15) is 0 Å². The molecule has 0 radical (unpaired) electrons. The van der Waals surface area contributed by atoms with Crippen molar-refractivity contribution in [1.82, 2.24) is 0 Å². The molecule has 2 heterocycles. The lowest BCUT2D eigenvalue weighted by molar-refractivity contribution is -0.239. The molecule has 0 aromatic carbocycles. The zero-order chi connectivity index (χ0) is 20.4. The predicted octanol–water partition coefficient (Wildman–Crippen LogP) is 5.31. The van der Waals surface area contributed by atoms with E-state index >= 15 is 0 Å². The normalized spacial score (nSPS) is 38.8. The van der Waals surface area contributed by atoms with Crippen molar-refractivity contribution < 1.29 is 19.1 Å². The standard InChI is InChI=1S/C25H30O4/c1-4-6-11-19-16-12-13-18-21(20(16)23(27)28-19)25(24(18,3)14-5-2)17-10-8-7-9-15(17)22(26)29-25/h7,9,11,18,21H,4-6,8,10,12-14H2,1-3H3/b19-11-. The lowest BCUT2D eigenvalue weighted by Crippen LogP contribution is -2.72. The molecule has 0 bridgehead atoms. The maximum atomic E-state index is 13.0. The van der Waals surface area contributed by atoms with Crippen LogP contribution in [-0.4, -0.2) is 17.5 Å². The van der Waals surface area contributed by atoms with Crippen molar-refractivity contribution in [2.24, 2.45) is 17.3 Å². The van der Waals surface area contributed by atoms with Gasteiger partial charge in [-0.1, -0.05) is 45.8 Å². The van der Waals surface area contributed by atoms with Gasteiger partial charge in [-0.15, -0.1) is 0 Å². The first-order valence-corrected chi connectivity index (χ1v) is 11.3. The van der Waals surface area contributed by atoms with Crippen molar-refractivity contribution in [3.8, 4) is 0 Å². The zero-order valence-corrected chi connectivity index (χ0v) is 17.7. The Morgan fingerprint density at radius 2 is 2.00 bits per heavy atom. The van der Waals surface area contributed by atoms with Crippen LogP contribution in [0.3, 0.4) is 0 Å². The van der Waals surface area contributed by atoms with E-state index in [4.69, 9.17) is 9.47 Å². The monoisotopic (exact) mass is 394 g/mol. The molecule has 0 amide bonds. The minimum absolute atomic E-state index is 0.0641. The Balaban J connectivity index is 1.67. The van der Waals surface area contributed by atoms with E-state index in [-0.39, 0.29) is 23.3 Å². The van der Waals surface area contributed by atoms with Gasteiger partial charge in [-0.25, -0.2) is 9.59 Å². The van der Waals surface area contributed by atoms with E-state index in [0.717, 1.165) is 79.4 Å². The summed E-state index contributed by atoms with van der Waals surface area (Å²) in [6, 6.07) is 0. The zero-order valence-electron chi connectivity index (χ0n) is 17.7. The van der Waals surface area contributed by atoms with Gasteiger partial charge in [0, 0.05) is 16.9 Å². The number of carbonyl (C=O) groups is 2. The van der Waals surface area contributed by atoms with Crippen LogP contribution in [0.5, 0.6) is 0 Å². The molecule has 4 nitrogen and oxygen atoms in total. The fraction of sp³-hybridized carbons (Fsp3) is 0.600. The largest absolute Gasteiger partial charge is 0.450 e. The lowest BCUT2D eigenvalue weighted by atomic mass is 9.37. The second-order valence-corrected chi connectivity index (χ2v) is 9.39. The molecule has 4 heteroatoms. The first kappa shape index (κ1) is 18.9. The van der Waals surface area contributed by atoms with Crippen molar-refractivity contribution in [2.45, 2.75) is 77.7 Å². The van der Waals surface area contributed by atoms with E-state index < -0.39 is 5.60 Å². The van der Waals surface area contributed by atoms with Gasteiger partial charge in [0.2, 0.25) is 0 Å². The van der Waals surface area contributed by atoms with Crippen LogP contribution < -0.4 is 0 Å². The quantitative estimate of drug-likeness (QED) is 0.606. The van der Waals surface area contributed by atoms with Crippen molar-refractivity contribution >= 4 is 11.9 Å². The van der Waals surface area contributed by atoms with Crippen LogP contribution in [0.2, 0.25) is 0 Å². The van der Waals surface area contributed by atoms with Crippen LogP contribution >= 0.6 is 0 Å². The third-order valence-corrected chi connectivity index (χ3v) is 8.05. The summed E-state index contributed by atoms with van der Waals surface area (Å²) in [5, 5.41) is 0. The molecule has 29 heavy (non-hydrogen) atoms. The van der Waals surface area contributed by atoms with Gasteiger partial charge in [-0.3, -0.25) is 0 Å². The molecule has 4 unspecified atom stereocenters. The highest BCUT2D eigenvalue weighted by Gasteiger charge is 2.77. The van der Waals surface area contributed by atoms with Crippen molar-refractivity contribution in [3.05, 3.63) is 46.3 Å². The van der Waals surface area contributed by atoms with E-state index in [2.05, 4.69) is 32.9 Å². The van der Waals surface area contributed by atoms with E-state index in [1.165, 1.54) is 0 Å². The second-order valence-electron chi connectivity index (χ2n) is 9.39. The summed E-state index contributed by atoms with van der Waals surface area (Å²) in [6.07, 6.45) is 13.7. The molecule has 0 N–H and O–H groups in total. The summed E-state index contributed by atoms with van der Waals surface area (Å²) in [5.41, 5.74) is 2.93. The number of allylic oxidation sites excluding steroid dienone is 3. The van der Waals surface area contributed by atoms with Gasteiger partial charge < -0.3 is 9.47 Å². The Bertz CT molecular complexity index is 917. The number of cyclic esters (lactones) is 1. The second kappa shape index (κ2) is 6.45. The van der Waals surface area contributed by atoms with Crippen molar-refractivity contribution in [1.29, 1.82) is 0 Å². The van der Waals surface area contributed by atoms with Crippen LogP contribution in [0.25, 0.3) is 0 Å².